The summed E-state index contributed by atoms with van der Waals surface area (Å²) in [6, 6.07) is 0.213. The molecular weight excluding hydrogens is 242 g/mol. The molecule has 1 aromatic heterocycles. The van der Waals surface area contributed by atoms with Gasteiger partial charge in [-0.2, -0.15) is 5.10 Å². The first-order chi connectivity index (χ1) is 8.87. The predicted molar refractivity (Wildman–Crippen MR) is 72.7 cm³/mol. The normalized spacial score (nSPS) is 19.1. The fourth-order valence-electron chi connectivity index (χ4n) is 2.50. The van der Waals surface area contributed by atoms with Crippen LogP contribution in [-0.4, -0.2) is 27.9 Å². The third kappa shape index (κ3) is 3.56. The van der Waals surface area contributed by atoms with E-state index >= 15 is 0 Å². The molecule has 0 saturated carbocycles. The third-order valence-corrected chi connectivity index (χ3v) is 3.29. The first-order valence-electron chi connectivity index (χ1n) is 6.83. The zero-order chi connectivity index (χ0) is 14.0. The maximum absolute atomic E-state index is 11.7. The number of nitrogens with zero attached hydrogens (tertiary/aromatic N) is 2. The van der Waals surface area contributed by atoms with E-state index in [-0.39, 0.29) is 18.6 Å². The molecule has 106 valence electrons. The van der Waals surface area contributed by atoms with E-state index < -0.39 is 5.60 Å². The number of aromatic nitrogens is 2. The van der Waals surface area contributed by atoms with Crippen molar-refractivity contribution in [2.24, 2.45) is 7.05 Å². The van der Waals surface area contributed by atoms with Crippen LogP contribution in [0.3, 0.4) is 0 Å². The molecule has 0 saturated heterocycles. The van der Waals surface area contributed by atoms with Crippen molar-refractivity contribution in [3.63, 3.8) is 0 Å². The number of carbonyl (C=O) groups is 1. The van der Waals surface area contributed by atoms with Crippen LogP contribution in [0.15, 0.2) is 6.20 Å². The average Bonchev–Trinajstić information content (AvgIpc) is 2.67. The molecule has 0 aliphatic heterocycles. The number of carbonyl (C=O) groups excluding carboxylic acids is 1. The number of ether oxygens (including phenoxy) is 1. The molecule has 0 bridgehead atoms. The number of hydrogen-bond donors (Lipinski definition) is 1. The highest BCUT2D eigenvalue weighted by atomic mass is 16.6. The maximum atomic E-state index is 11.7. The van der Waals surface area contributed by atoms with Crippen molar-refractivity contribution in [2.45, 2.75) is 51.7 Å². The molecular formula is C14H23N3O2. The van der Waals surface area contributed by atoms with Gasteiger partial charge in [0.15, 0.2) is 0 Å². The molecule has 5 heteroatoms. The molecule has 1 unspecified atom stereocenters. The standard InChI is InChI=1S/C14H23N3O2/c1-14(2,3)19-13(18)9-15-11-6-5-7-12-10(11)8-16-17(12)4/h8,11,15H,5-7,9H2,1-4H3. The van der Waals surface area contributed by atoms with E-state index in [0.717, 1.165) is 19.3 Å². The molecule has 0 spiro atoms. The summed E-state index contributed by atoms with van der Waals surface area (Å²) in [5, 5.41) is 7.58. The number of nitrogens with one attached hydrogen (secondary N) is 1. The van der Waals surface area contributed by atoms with E-state index in [4.69, 9.17) is 4.74 Å². The Labute approximate surface area is 114 Å². The minimum absolute atomic E-state index is 0.205. The molecule has 2 rings (SSSR count). The lowest BCUT2D eigenvalue weighted by Gasteiger charge is -2.25. The van der Waals surface area contributed by atoms with Crippen LogP contribution < -0.4 is 5.32 Å². The Kier molecular flexibility index (Phi) is 3.94. The van der Waals surface area contributed by atoms with Crippen molar-refractivity contribution in [1.29, 1.82) is 0 Å². The Bertz CT molecular complexity index is 460. The summed E-state index contributed by atoms with van der Waals surface area (Å²) in [5.41, 5.74) is 2.07. The van der Waals surface area contributed by atoms with E-state index in [1.54, 1.807) is 0 Å². The van der Waals surface area contributed by atoms with Gasteiger partial charge in [-0.1, -0.05) is 0 Å². The van der Waals surface area contributed by atoms with Gasteiger partial charge in [0.05, 0.1) is 12.7 Å². The van der Waals surface area contributed by atoms with Crippen molar-refractivity contribution in [2.75, 3.05) is 6.54 Å². The number of rotatable bonds is 3. The van der Waals surface area contributed by atoms with Crippen molar-refractivity contribution < 1.29 is 9.53 Å². The van der Waals surface area contributed by atoms with Crippen LogP contribution >= 0.6 is 0 Å². The zero-order valence-electron chi connectivity index (χ0n) is 12.2. The number of esters is 1. The predicted octanol–water partition coefficient (Wildman–Crippen LogP) is 1.73. The third-order valence-electron chi connectivity index (χ3n) is 3.29. The first kappa shape index (κ1) is 14.1. The van der Waals surface area contributed by atoms with Gasteiger partial charge in [-0.25, -0.2) is 0 Å². The Morgan fingerprint density at radius 2 is 2.32 bits per heavy atom. The Balaban J connectivity index is 1.93. The molecule has 1 aliphatic carbocycles. The Morgan fingerprint density at radius 3 is 3.00 bits per heavy atom. The largest absolute Gasteiger partial charge is 0.459 e. The van der Waals surface area contributed by atoms with Gasteiger partial charge < -0.3 is 4.74 Å². The van der Waals surface area contributed by atoms with Crippen molar-refractivity contribution >= 4 is 5.97 Å². The van der Waals surface area contributed by atoms with Crippen LogP contribution in [0, 0.1) is 0 Å². The van der Waals surface area contributed by atoms with Crippen molar-refractivity contribution in [3.05, 3.63) is 17.5 Å². The highest BCUT2D eigenvalue weighted by Crippen LogP contribution is 2.28. The van der Waals surface area contributed by atoms with E-state index in [9.17, 15) is 4.79 Å². The van der Waals surface area contributed by atoms with Gasteiger partial charge in [-0.05, 0) is 40.0 Å². The smallest absolute Gasteiger partial charge is 0.320 e. The number of fused-ring (bicyclic) bond motifs is 1. The van der Waals surface area contributed by atoms with Gasteiger partial charge in [-0.15, -0.1) is 0 Å². The van der Waals surface area contributed by atoms with Gasteiger partial charge in [0, 0.05) is 24.3 Å². The van der Waals surface area contributed by atoms with Crippen LogP contribution in [0.2, 0.25) is 0 Å². The second kappa shape index (κ2) is 5.33. The molecule has 1 aliphatic rings. The van der Waals surface area contributed by atoms with Gasteiger partial charge in [-0.3, -0.25) is 14.8 Å². The van der Waals surface area contributed by atoms with Gasteiger partial charge in [0.2, 0.25) is 0 Å². The summed E-state index contributed by atoms with van der Waals surface area (Å²) in [5.74, 6) is -0.205. The van der Waals surface area contributed by atoms with Crippen LogP contribution in [-0.2, 0) is 23.0 Å². The second-order valence-corrected chi connectivity index (χ2v) is 6.08. The van der Waals surface area contributed by atoms with Crippen molar-refractivity contribution in [3.8, 4) is 0 Å². The van der Waals surface area contributed by atoms with E-state index in [1.807, 2.05) is 38.7 Å². The molecule has 19 heavy (non-hydrogen) atoms. The summed E-state index contributed by atoms with van der Waals surface area (Å²) < 4.78 is 7.23. The van der Waals surface area contributed by atoms with Gasteiger partial charge in [0.25, 0.3) is 0 Å². The molecule has 0 radical (unpaired) electrons. The van der Waals surface area contributed by atoms with Crippen LogP contribution in [0.5, 0.6) is 0 Å². The fraction of sp³-hybridized carbons (Fsp3) is 0.714. The monoisotopic (exact) mass is 265 g/mol. The van der Waals surface area contributed by atoms with Gasteiger partial charge in [0.1, 0.15) is 5.60 Å². The summed E-state index contributed by atoms with van der Waals surface area (Å²) >= 11 is 0. The first-order valence-corrected chi connectivity index (χ1v) is 6.83. The summed E-state index contributed by atoms with van der Waals surface area (Å²) in [4.78, 5) is 11.7. The lowest BCUT2D eigenvalue weighted by Crippen LogP contribution is -2.34. The number of aryl methyl sites for hydroxylation is 1. The summed E-state index contributed by atoms with van der Waals surface area (Å²) in [6.07, 6.45) is 5.14. The summed E-state index contributed by atoms with van der Waals surface area (Å²) in [7, 11) is 1.97. The number of hydrogen-bond acceptors (Lipinski definition) is 4. The Morgan fingerprint density at radius 1 is 1.58 bits per heavy atom. The molecule has 0 aromatic carbocycles. The lowest BCUT2D eigenvalue weighted by molar-refractivity contribution is -0.153. The molecule has 0 fully saturated rings. The highest BCUT2D eigenvalue weighted by Gasteiger charge is 2.24. The molecule has 5 nitrogen and oxygen atoms in total. The molecule has 1 N–H and O–H groups in total. The fourth-order valence-corrected chi connectivity index (χ4v) is 2.50. The van der Waals surface area contributed by atoms with Crippen LogP contribution in [0.1, 0.15) is 50.9 Å². The minimum Gasteiger partial charge on any atom is -0.459 e. The van der Waals surface area contributed by atoms with Crippen LogP contribution in [0.4, 0.5) is 0 Å². The van der Waals surface area contributed by atoms with Gasteiger partial charge >= 0.3 is 5.97 Å². The SMILES string of the molecule is Cn1ncc2c1CCCC2NCC(=O)OC(C)(C)C. The molecule has 1 atom stereocenters. The van der Waals surface area contributed by atoms with E-state index in [1.165, 1.54) is 11.3 Å². The second-order valence-electron chi connectivity index (χ2n) is 6.08. The molecule has 1 aromatic rings. The minimum atomic E-state index is -0.426. The lowest BCUT2D eigenvalue weighted by atomic mass is 9.93. The molecule has 1 heterocycles. The van der Waals surface area contributed by atoms with Crippen molar-refractivity contribution in [1.82, 2.24) is 15.1 Å². The average molecular weight is 265 g/mol. The Hall–Kier alpha value is -1.36. The van der Waals surface area contributed by atoms with E-state index in [0.29, 0.717) is 0 Å². The van der Waals surface area contributed by atoms with Crippen LogP contribution in [0.25, 0.3) is 0 Å². The zero-order valence-corrected chi connectivity index (χ0v) is 12.2. The highest BCUT2D eigenvalue weighted by molar-refractivity contribution is 5.72. The van der Waals surface area contributed by atoms with E-state index in [2.05, 4.69) is 10.4 Å². The maximum Gasteiger partial charge on any atom is 0.320 e. The quantitative estimate of drug-likeness (QED) is 0.846. The topological polar surface area (TPSA) is 56.2 Å². The summed E-state index contributed by atoms with van der Waals surface area (Å²) in [6.45, 7) is 5.89. The molecule has 0 amide bonds.